The Morgan fingerprint density at radius 1 is 0.909 bits per heavy atom. The van der Waals surface area contributed by atoms with E-state index < -0.39 is 30.8 Å². The van der Waals surface area contributed by atoms with Crippen LogP contribution in [0.5, 0.6) is 0 Å². The number of sulfonamides is 1. The number of hydrogen-bond donors (Lipinski definition) is 0. The van der Waals surface area contributed by atoms with Crippen molar-refractivity contribution in [2.75, 3.05) is 12.4 Å². The molecule has 0 aliphatic heterocycles. The molecule has 0 N–H and O–H groups in total. The lowest BCUT2D eigenvalue weighted by molar-refractivity contribution is 0.0237. The average Bonchev–Trinajstić information content (AvgIpc) is 3.31. The molecule has 0 saturated heterocycles. The summed E-state index contributed by atoms with van der Waals surface area (Å²) in [5, 5.41) is 6.53. The van der Waals surface area contributed by atoms with Crippen molar-refractivity contribution in [1.82, 2.24) is 0 Å². The van der Waals surface area contributed by atoms with Gasteiger partial charge in [-0.3, -0.25) is 0 Å². The molecule has 2 aliphatic carbocycles. The summed E-state index contributed by atoms with van der Waals surface area (Å²) >= 11 is 0. The Morgan fingerprint density at radius 3 is 2.14 bits per heavy atom. The average molecular weight is 646 g/mol. The zero-order valence-electron chi connectivity index (χ0n) is 27.6. The van der Waals surface area contributed by atoms with Gasteiger partial charge < -0.3 is 4.43 Å². The van der Waals surface area contributed by atoms with E-state index in [1.165, 1.54) is 5.39 Å². The van der Waals surface area contributed by atoms with Gasteiger partial charge in [0.25, 0.3) is 10.0 Å². The molecule has 1 unspecified atom stereocenters. The van der Waals surface area contributed by atoms with Crippen LogP contribution in [0.1, 0.15) is 53.9 Å². The fourth-order valence-electron chi connectivity index (χ4n) is 7.98. The molecule has 2 aliphatic rings. The number of nitrogens with zero attached hydrogens (tertiary/aromatic N) is 1. The first-order valence-corrected chi connectivity index (χ1v) is 22.7. The molecule has 2 fully saturated rings. The molecule has 4 atom stereocenters. The molecular formula is C37H48NO3PSSi. The minimum absolute atomic E-state index is 0.0384. The second-order valence-corrected chi connectivity index (χ2v) is 25.3. The molecular weight excluding hydrogens is 598 g/mol. The van der Waals surface area contributed by atoms with Gasteiger partial charge in [-0.1, -0.05) is 113 Å². The highest BCUT2D eigenvalue weighted by molar-refractivity contribution is 7.97. The van der Waals surface area contributed by atoms with E-state index in [0.29, 0.717) is 5.92 Å². The van der Waals surface area contributed by atoms with Gasteiger partial charge in [-0.25, -0.2) is 8.42 Å². The summed E-state index contributed by atoms with van der Waals surface area (Å²) in [5.74, 6) is 0.503. The Labute approximate surface area is 265 Å². The van der Waals surface area contributed by atoms with Crippen molar-refractivity contribution in [3.8, 4) is 0 Å². The lowest BCUT2D eigenvalue weighted by Gasteiger charge is -2.47. The lowest BCUT2D eigenvalue weighted by Crippen LogP contribution is -2.52. The second kappa shape index (κ2) is 10.7. The summed E-state index contributed by atoms with van der Waals surface area (Å²) in [4.78, 5) is 0. The standard InChI is InChI=1S/C37H48NO3PSSi/c1-35(2,3)44(7,8)41-34-25-28-22-23-37(34,36(28,4)5)26-43(39,40)38-42(6,29-17-10-9-11-18-29)33-24-27-16-12-13-19-30(27)31-20-14-15-21-32(31)33/h9-21,24,28,34H,22-23,25-26H2,1-8H3/t28-,34-,37-,42?/m1/s1. The maximum atomic E-state index is 14.7. The fraction of sp³-hybridized carbons (Fsp3) is 0.459. The first kappa shape index (κ1) is 31.7. The van der Waals surface area contributed by atoms with Crippen LogP contribution in [0.15, 0.2) is 89.1 Å². The Bertz CT molecular complexity index is 1890. The van der Waals surface area contributed by atoms with Gasteiger partial charge in [0.2, 0.25) is 0 Å². The van der Waals surface area contributed by atoms with Crippen LogP contribution in [0.25, 0.3) is 21.5 Å². The van der Waals surface area contributed by atoms with E-state index in [2.05, 4.69) is 109 Å². The van der Waals surface area contributed by atoms with Gasteiger partial charge in [0.15, 0.2) is 8.32 Å². The van der Waals surface area contributed by atoms with Crippen LogP contribution in [-0.4, -0.2) is 35.3 Å². The summed E-state index contributed by atoms with van der Waals surface area (Å²) < 4.78 is 41.7. The van der Waals surface area contributed by atoms with E-state index >= 15 is 0 Å². The third-order valence-corrected chi connectivity index (χ3v) is 22.1. The Morgan fingerprint density at radius 2 is 1.50 bits per heavy atom. The van der Waals surface area contributed by atoms with Crippen LogP contribution in [0.2, 0.25) is 18.1 Å². The van der Waals surface area contributed by atoms with Crippen molar-refractivity contribution < 1.29 is 12.8 Å². The van der Waals surface area contributed by atoms with Gasteiger partial charge in [0, 0.05) is 17.8 Å². The summed E-state index contributed by atoms with van der Waals surface area (Å²) in [6, 6.07) is 29.1. The Balaban J connectivity index is 1.54. The molecule has 2 bridgehead atoms. The van der Waals surface area contributed by atoms with E-state index in [1.807, 2.05) is 30.3 Å². The van der Waals surface area contributed by atoms with Gasteiger partial charge in [0.05, 0.1) is 11.9 Å². The number of hydrogen-bond acceptors (Lipinski definition) is 3. The van der Waals surface area contributed by atoms with Crippen LogP contribution in [-0.2, 0) is 14.4 Å². The van der Waals surface area contributed by atoms with Crippen molar-refractivity contribution in [1.29, 1.82) is 0 Å². The quantitative estimate of drug-likeness (QED) is 0.114. The predicted octanol–water partition coefficient (Wildman–Crippen LogP) is 9.32. The molecule has 2 saturated carbocycles. The molecule has 0 aromatic heterocycles. The normalized spacial score (nSPS) is 24.9. The second-order valence-electron chi connectivity index (χ2n) is 15.5. The fourth-order valence-corrected chi connectivity index (χ4v) is 15.8. The molecule has 4 nitrogen and oxygen atoms in total. The van der Waals surface area contributed by atoms with Gasteiger partial charge >= 0.3 is 0 Å². The SMILES string of the molecule is CC1(C)[C@@H]2CC[C@@]1(CS(=O)(=O)N=P(C)(c1ccccc1)c1cc3ccccc3c3ccccc13)[C@H](O[Si](C)(C)C(C)(C)C)C2. The number of benzene rings is 4. The molecule has 4 aromatic rings. The maximum absolute atomic E-state index is 14.7. The van der Waals surface area contributed by atoms with Crippen molar-refractivity contribution in [2.45, 2.75) is 78.1 Å². The Kier molecular flexibility index (Phi) is 7.68. The maximum Gasteiger partial charge on any atom is 0.253 e. The molecule has 6 rings (SSSR count). The summed E-state index contributed by atoms with van der Waals surface area (Å²) in [6.45, 7) is 18.0. The summed E-state index contributed by atoms with van der Waals surface area (Å²) in [5.41, 5.74) is -0.595. The predicted molar refractivity (Wildman–Crippen MR) is 192 cm³/mol. The summed E-state index contributed by atoms with van der Waals surface area (Å²) in [7, 11) is -8.74. The molecule has 234 valence electrons. The Hall–Kier alpha value is -2.24. The van der Waals surface area contributed by atoms with Crippen molar-refractivity contribution >= 4 is 57.5 Å². The topological polar surface area (TPSA) is 55.7 Å². The highest BCUT2D eigenvalue weighted by Gasteiger charge is 2.66. The van der Waals surface area contributed by atoms with Gasteiger partial charge in [-0.2, -0.15) is 4.15 Å². The van der Waals surface area contributed by atoms with Crippen LogP contribution in [0.4, 0.5) is 0 Å². The van der Waals surface area contributed by atoms with Crippen molar-refractivity contribution in [2.24, 2.45) is 20.9 Å². The lowest BCUT2D eigenvalue weighted by atomic mass is 9.70. The van der Waals surface area contributed by atoms with Crippen LogP contribution in [0.3, 0.4) is 0 Å². The molecule has 0 radical (unpaired) electrons. The monoisotopic (exact) mass is 645 g/mol. The van der Waals surface area contributed by atoms with Gasteiger partial charge in [0.1, 0.15) is 0 Å². The van der Waals surface area contributed by atoms with E-state index in [1.54, 1.807) is 0 Å². The number of fused-ring (bicyclic) bond motifs is 5. The number of rotatable bonds is 7. The molecule has 7 heteroatoms. The zero-order valence-corrected chi connectivity index (χ0v) is 30.3. The third-order valence-electron chi connectivity index (χ3n) is 11.8. The van der Waals surface area contributed by atoms with Crippen LogP contribution < -0.4 is 10.6 Å². The van der Waals surface area contributed by atoms with E-state index in [4.69, 9.17) is 8.58 Å². The highest BCUT2D eigenvalue weighted by atomic mass is 32.2. The minimum Gasteiger partial charge on any atom is -0.413 e. The summed E-state index contributed by atoms with van der Waals surface area (Å²) in [6.07, 6.45) is 2.80. The van der Waals surface area contributed by atoms with E-state index in [-0.39, 0.29) is 22.3 Å². The molecule has 44 heavy (non-hydrogen) atoms. The van der Waals surface area contributed by atoms with Crippen LogP contribution >= 0.6 is 7.05 Å². The van der Waals surface area contributed by atoms with Crippen LogP contribution in [0, 0.1) is 16.7 Å². The third kappa shape index (κ3) is 5.05. The zero-order chi connectivity index (χ0) is 31.8. The van der Waals surface area contributed by atoms with Gasteiger partial charge in [-0.15, -0.1) is 0 Å². The smallest absolute Gasteiger partial charge is 0.253 e. The first-order chi connectivity index (χ1) is 20.5. The minimum atomic E-state index is -3.87. The van der Waals surface area contributed by atoms with E-state index in [9.17, 15) is 8.42 Å². The highest BCUT2D eigenvalue weighted by Crippen LogP contribution is 2.68. The molecule has 4 aromatic carbocycles. The van der Waals surface area contributed by atoms with Gasteiger partial charge in [-0.05, 0) is 88.3 Å². The van der Waals surface area contributed by atoms with Crippen molar-refractivity contribution in [3.63, 3.8) is 0 Å². The van der Waals surface area contributed by atoms with Crippen molar-refractivity contribution in [3.05, 3.63) is 84.9 Å². The van der Waals surface area contributed by atoms with E-state index in [0.717, 1.165) is 46.0 Å². The molecule has 0 spiro atoms. The molecule has 0 amide bonds. The molecule has 0 heterocycles. The largest absolute Gasteiger partial charge is 0.413 e. The first-order valence-electron chi connectivity index (χ1n) is 16.0.